The second-order valence-electron chi connectivity index (χ2n) is 5.71. The minimum atomic E-state index is -0.501. The van der Waals surface area contributed by atoms with Crippen molar-refractivity contribution >= 4 is 52.2 Å². The van der Waals surface area contributed by atoms with Crippen molar-refractivity contribution in [1.29, 1.82) is 0 Å². The highest BCUT2D eigenvalue weighted by molar-refractivity contribution is 8.18. The van der Waals surface area contributed by atoms with E-state index < -0.39 is 17.1 Å². The summed E-state index contributed by atoms with van der Waals surface area (Å²) in [6.07, 6.45) is 1.56. The summed E-state index contributed by atoms with van der Waals surface area (Å²) in [6.45, 7) is 1.57. The number of thioether (sulfide) groups is 1. The average molecular weight is 387 g/mol. The smallest absolute Gasteiger partial charge is 0.294 e. The van der Waals surface area contributed by atoms with Crippen LogP contribution in [0.2, 0.25) is 5.02 Å². The molecule has 132 valence electrons. The van der Waals surface area contributed by atoms with Gasteiger partial charge in [0.25, 0.3) is 11.1 Å². The normalized spacial score (nSPS) is 15.6. The minimum absolute atomic E-state index is 0.242. The number of benzene rings is 2. The Morgan fingerprint density at radius 1 is 1.19 bits per heavy atom. The highest BCUT2D eigenvalue weighted by Gasteiger charge is 2.36. The van der Waals surface area contributed by atoms with Crippen LogP contribution in [0, 0.1) is 6.92 Å². The van der Waals surface area contributed by atoms with Crippen molar-refractivity contribution in [2.45, 2.75) is 6.92 Å². The number of rotatable bonds is 4. The van der Waals surface area contributed by atoms with Crippen LogP contribution >= 0.6 is 23.4 Å². The van der Waals surface area contributed by atoms with E-state index in [1.165, 1.54) is 0 Å². The third-order valence-corrected chi connectivity index (χ3v) is 4.92. The number of imide groups is 1. The number of hydrogen-bond donors (Lipinski definition) is 1. The summed E-state index contributed by atoms with van der Waals surface area (Å²) in [7, 11) is 0. The molecule has 1 fully saturated rings. The Kier molecular flexibility index (Phi) is 5.44. The van der Waals surface area contributed by atoms with Crippen LogP contribution < -0.4 is 5.32 Å². The number of nitrogens with zero attached hydrogens (tertiary/aromatic N) is 1. The molecule has 0 aromatic heterocycles. The molecule has 0 atom stereocenters. The van der Waals surface area contributed by atoms with Crippen LogP contribution in [0.15, 0.2) is 53.4 Å². The summed E-state index contributed by atoms with van der Waals surface area (Å²) in [5.74, 6) is -0.934. The first-order chi connectivity index (χ1) is 12.4. The molecule has 7 heteroatoms. The van der Waals surface area contributed by atoms with Crippen molar-refractivity contribution in [3.05, 3.63) is 69.6 Å². The fourth-order valence-corrected chi connectivity index (χ4v) is 3.46. The van der Waals surface area contributed by atoms with Gasteiger partial charge in [-0.05, 0) is 54.1 Å². The fourth-order valence-electron chi connectivity index (χ4n) is 2.44. The van der Waals surface area contributed by atoms with Gasteiger partial charge < -0.3 is 5.32 Å². The van der Waals surface area contributed by atoms with E-state index in [0.717, 1.165) is 22.2 Å². The average Bonchev–Trinajstić information content (AvgIpc) is 2.84. The molecular formula is C19H15ClN2O3S. The summed E-state index contributed by atoms with van der Waals surface area (Å²) >= 11 is 6.88. The lowest BCUT2D eigenvalue weighted by Crippen LogP contribution is -2.36. The quantitative estimate of drug-likeness (QED) is 0.794. The van der Waals surface area contributed by atoms with E-state index in [4.69, 9.17) is 11.6 Å². The topological polar surface area (TPSA) is 66.5 Å². The molecule has 5 nitrogen and oxygen atoms in total. The zero-order chi connectivity index (χ0) is 18.7. The van der Waals surface area contributed by atoms with Gasteiger partial charge in [0.1, 0.15) is 6.54 Å². The van der Waals surface area contributed by atoms with Gasteiger partial charge in [0.2, 0.25) is 5.91 Å². The number of halogens is 1. The first-order valence-corrected chi connectivity index (χ1v) is 9.00. The molecule has 1 aliphatic rings. The molecule has 0 radical (unpaired) electrons. The van der Waals surface area contributed by atoms with Gasteiger partial charge in [0.15, 0.2) is 0 Å². The molecule has 2 aromatic carbocycles. The molecule has 2 aromatic rings. The Morgan fingerprint density at radius 2 is 1.96 bits per heavy atom. The summed E-state index contributed by atoms with van der Waals surface area (Å²) in [5, 5.41) is 2.69. The molecule has 0 bridgehead atoms. The van der Waals surface area contributed by atoms with Crippen molar-refractivity contribution in [1.82, 2.24) is 4.90 Å². The second-order valence-corrected chi connectivity index (χ2v) is 7.11. The van der Waals surface area contributed by atoms with Crippen LogP contribution in [0.4, 0.5) is 10.5 Å². The molecule has 0 spiro atoms. The molecule has 0 saturated carbocycles. The molecule has 1 saturated heterocycles. The number of amides is 3. The lowest BCUT2D eigenvalue weighted by molar-refractivity contribution is -0.127. The third kappa shape index (κ3) is 4.15. The Morgan fingerprint density at radius 3 is 2.69 bits per heavy atom. The van der Waals surface area contributed by atoms with Crippen molar-refractivity contribution in [2.24, 2.45) is 0 Å². The van der Waals surface area contributed by atoms with Gasteiger partial charge in [-0.15, -0.1) is 0 Å². The monoisotopic (exact) mass is 386 g/mol. The molecular weight excluding hydrogens is 372 g/mol. The summed E-state index contributed by atoms with van der Waals surface area (Å²) in [5.41, 5.74) is 2.26. The van der Waals surface area contributed by atoms with Crippen molar-refractivity contribution in [3.63, 3.8) is 0 Å². The minimum Gasteiger partial charge on any atom is -0.325 e. The zero-order valence-corrected chi connectivity index (χ0v) is 15.4. The second kappa shape index (κ2) is 7.76. The Labute approximate surface area is 160 Å². The largest absolute Gasteiger partial charge is 0.325 e. The maximum Gasteiger partial charge on any atom is 0.294 e. The van der Waals surface area contributed by atoms with Crippen LogP contribution in [0.3, 0.4) is 0 Å². The van der Waals surface area contributed by atoms with Crippen LogP contribution in [0.5, 0.6) is 0 Å². The standard InChI is InChI=1S/C19H15ClN2O3S/c1-12-5-4-7-14(9-12)21-17(23)11-22-18(24)16(26-19(22)25)10-13-6-2-3-8-15(13)20/h2-10H,11H2,1H3,(H,21,23)/b16-10+. The van der Waals surface area contributed by atoms with E-state index >= 15 is 0 Å². The van der Waals surface area contributed by atoms with Crippen LogP contribution in [0.25, 0.3) is 6.08 Å². The van der Waals surface area contributed by atoms with Gasteiger partial charge in [-0.25, -0.2) is 0 Å². The summed E-state index contributed by atoms with van der Waals surface area (Å²) < 4.78 is 0. The van der Waals surface area contributed by atoms with Gasteiger partial charge in [0.05, 0.1) is 4.91 Å². The highest BCUT2D eigenvalue weighted by Crippen LogP contribution is 2.33. The van der Waals surface area contributed by atoms with Gasteiger partial charge in [-0.3, -0.25) is 19.3 Å². The van der Waals surface area contributed by atoms with E-state index in [1.54, 1.807) is 36.4 Å². The third-order valence-electron chi connectivity index (χ3n) is 3.67. The molecule has 0 aliphatic carbocycles. The summed E-state index contributed by atoms with van der Waals surface area (Å²) in [6, 6.07) is 14.3. The van der Waals surface area contributed by atoms with Crippen LogP contribution in [0.1, 0.15) is 11.1 Å². The predicted octanol–water partition coefficient (Wildman–Crippen LogP) is 4.32. The Hall–Kier alpha value is -2.57. The maximum atomic E-state index is 12.5. The molecule has 1 heterocycles. The van der Waals surface area contributed by atoms with Crippen LogP contribution in [-0.4, -0.2) is 28.5 Å². The number of carbonyl (C=O) groups excluding carboxylic acids is 3. The van der Waals surface area contributed by atoms with Gasteiger partial charge in [-0.2, -0.15) is 0 Å². The van der Waals surface area contributed by atoms with Crippen molar-refractivity contribution < 1.29 is 14.4 Å². The molecule has 3 rings (SSSR count). The predicted molar refractivity (Wildman–Crippen MR) is 104 cm³/mol. The first kappa shape index (κ1) is 18.2. The molecule has 1 aliphatic heterocycles. The van der Waals surface area contributed by atoms with Crippen molar-refractivity contribution in [2.75, 3.05) is 11.9 Å². The van der Waals surface area contributed by atoms with E-state index in [-0.39, 0.29) is 11.4 Å². The fraction of sp³-hybridized carbons (Fsp3) is 0.105. The van der Waals surface area contributed by atoms with Gasteiger partial charge in [0, 0.05) is 10.7 Å². The summed E-state index contributed by atoms with van der Waals surface area (Å²) in [4.78, 5) is 37.9. The number of aryl methyl sites for hydroxylation is 1. The Bertz CT molecular complexity index is 927. The van der Waals surface area contributed by atoms with Crippen molar-refractivity contribution in [3.8, 4) is 0 Å². The molecule has 1 N–H and O–H groups in total. The van der Waals surface area contributed by atoms with Gasteiger partial charge >= 0.3 is 0 Å². The number of hydrogen-bond acceptors (Lipinski definition) is 4. The lowest BCUT2D eigenvalue weighted by Gasteiger charge is -2.12. The van der Waals surface area contributed by atoms with E-state index in [0.29, 0.717) is 16.3 Å². The molecule has 0 unspecified atom stereocenters. The highest BCUT2D eigenvalue weighted by atomic mass is 35.5. The molecule has 26 heavy (non-hydrogen) atoms. The number of carbonyl (C=O) groups is 3. The molecule has 3 amide bonds. The Balaban J connectivity index is 1.71. The lowest BCUT2D eigenvalue weighted by atomic mass is 10.2. The maximum absolute atomic E-state index is 12.5. The zero-order valence-electron chi connectivity index (χ0n) is 13.9. The van der Waals surface area contributed by atoms with E-state index in [2.05, 4.69) is 5.32 Å². The van der Waals surface area contributed by atoms with E-state index in [1.807, 2.05) is 25.1 Å². The van der Waals surface area contributed by atoms with E-state index in [9.17, 15) is 14.4 Å². The first-order valence-electron chi connectivity index (χ1n) is 7.80. The van der Waals surface area contributed by atoms with Crippen LogP contribution in [-0.2, 0) is 9.59 Å². The number of nitrogens with one attached hydrogen (secondary N) is 1. The number of anilines is 1. The van der Waals surface area contributed by atoms with Gasteiger partial charge in [-0.1, -0.05) is 41.9 Å². The SMILES string of the molecule is Cc1cccc(NC(=O)CN2C(=O)S/C(=C/c3ccccc3Cl)C2=O)c1.